The van der Waals surface area contributed by atoms with Gasteiger partial charge in [0, 0.05) is 34.6 Å². The molecule has 0 aliphatic carbocycles. The molecular formula is C50H48N2O. The summed E-state index contributed by atoms with van der Waals surface area (Å²) < 4.78 is 0. The van der Waals surface area contributed by atoms with Gasteiger partial charge >= 0.3 is 0 Å². The average Bonchev–Trinajstić information content (AvgIpc) is 3.16. The number of nitrogens with zero attached hydrogens (tertiary/aromatic N) is 2. The van der Waals surface area contributed by atoms with Crippen LogP contribution in [-0.2, 0) is 10.8 Å². The topological polar surface area (TPSA) is 26.7 Å². The number of para-hydroxylation sites is 4. The van der Waals surface area contributed by atoms with Crippen LogP contribution in [0.25, 0.3) is 22.3 Å². The standard InChI is InChI=1S/C50H48N2O/c1-49(2,3)38-29-25-36(26-30-38)45-21-13-15-23-47(45)51(40-17-9-7-10-18-40)42-33-43(35-44(53)34-42)52(41-19-11-8-12-20-41)48-24-16-14-22-46(48)37-27-31-39(32-28-37)50(4,5)6/h7-35,53H,1-6H3. The first-order valence-corrected chi connectivity index (χ1v) is 18.4. The van der Waals surface area contributed by atoms with Crippen LogP contribution in [0, 0.1) is 0 Å². The largest absolute Gasteiger partial charge is 0.508 e. The number of anilines is 6. The highest BCUT2D eigenvalue weighted by Gasteiger charge is 2.23. The summed E-state index contributed by atoms with van der Waals surface area (Å²) >= 11 is 0. The summed E-state index contributed by atoms with van der Waals surface area (Å²) in [4.78, 5) is 4.49. The van der Waals surface area contributed by atoms with E-state index < -0.39 is 0 Å². The molecule has 7 aromatic rings. The Kier molecular flexibility index (Phi) is 9.68. The lowest BCUT2D eigenvalue weighted by molar-refractivity contribution is 0.475. The van der Waals surface area contributed by atoms with Gasteiger partial charge in [0.2, 0.25) is 0 Å². The summed E-state index contributed by atoms with van der Waals surface area (Å²) in [6.07, 6.45) is 0. The molecule has 3 heteroatoms. The number of phenols is 1. The number of hydrogen-bond donors (Lipinski definition) is 1. The minimum Gasteiger partial charge on any atom is -0.508 e. The van der Waals surface area contributed by atoms with E-state index in [1.165, 1.54) is 11.1 Å². The maximum Gasteiger partial charge on any atom is 0.119 e. The lowest BCUT2D eigenvalue weighted by atomic mass is 9.86. The van der Waals surface area contributed by atoms with Crippen LogP contribution in [0.15, 0.2) is 176 Å². The van der Waals surface area contributed by atoms with E-state index in [1.54, 1.807) is 0 Å². The number of hydrogen-bond acceptors (Lipinski definition) is 3. The van der Waals surface area contributed by atoms with Crippen LogP contribution >= 0.6 is 0 Å². The third-order valence-electron chi connectivity index (χ3n) is 9.85. The molecule has 7 aromatic carbocycles. The van der Waals surface area contributed by atoms with E-state index in [2.05, 4.69) is 203 Å². The molecular weight excluding hydrogens is 645 g/mol. The molecule has 0 fully saturated rings. The van der Waals surface area contributed by atoms with Crippen molar-refractivity contribution in [2.75, 3.05) is 9.80 Å². The number of aromatic hydroxyl groups is 1. The molecule has 0 radical (unpaired) electrons. The zero-order valence-corrected chi connectivity index (χ0v) is 31.6. The number of benzene rings is 7. The maximum absolute atomic E-state index is 11.6. The molecule has 0 heterocycles. The smallest absolute Gasteiger partial charge is 0.119 e. The molecule has 1 N–H and O–H groups in total. The third-order valence-corrected chi connectivity index (χ3v) is 9.85. The Balaban J connectivity index is 1.41. The fraction of sp³-hybridized carbons (Fsp3) is 0.160. The van der Waals surface area contributed by atoms with Crippen LogP contribution in [0.3, 0.4) is 0 Å². The van der Waals surface area contributed by atoms with Crippen molar-refractivity contribution in [3.05, 3.63) is 187 Å². The molecule has 0 spiro atoms. The summed E-state index contributed by atoms with van der Waals surface area (Å²) in [5, 5.41) is 11.6. The van der Waals surface area contributed by atoms with Crippen molar-refractivity contribution >= 4 is 34.1 Å². The van der Waals surface area contributed by atoms with Gasteiger partial charge < -0.3 is 14.9 Å². The first-order chi connectivity index (χ1) is 25.5. The van der Waals surface area contributed by atoms with E-state index in [-0.39, 0.29) is 16.6 Å². The first kappa shape index (κ1) is 35.3. The highest BCUT2D eigenvalue weighted by molar-refractivity contribution is 5.92. The minimum atomic E-state index is 0.0607. The maximum atomic E-state index is 11.6. The van der Waals surface area contributed by atoms with Crippen LogP contribution in [0.4, 0.5) is 34.1 Å². The van der Waals surface area contributed by atoms with Gasteiger partial charge in [-0.1, -0.05) is 163 Å². The van der Waals surface area contributed by atoms with Gasteiger partial charge in [-0.25, -0.2) is 0 Å². The van der Waals surface area contributed by atoms with Gasteiger partial charge in [-0.15, -0.1) is 0 Å². The molecule has 0 aliphatic rings. The Labute approximate surface area is 315 Å². The lowest BCUT2D eigenvalue weighted by Crippen LogP contribution is -2.14. The molecule has 0 saturated carbocycles. The van der Waals surface area contributed by atoms with E-state index in [4.69, 9.17) is 0 Å². The Morgan fingerprint density at radius 2 is 0.698 bits per heavy atom. The van der Waals surface area contributed by atoms with E-state index >= 15 is 0 Å². The van der Waals surface area contributed by atoms with Gasteiger partial charge in [0.1, 0.15) is 5.75 Å². The molecule has 0 saturated heterocycles. The van der Waals surface area contributed by atoms with Crippen molar-refractivity contribution in [2.24, 2.45) is 0 Å². The predicted octanol–water partition coefficient (Wildman–Crippen LogP) is 14.3. The zero-order chi connectivity index (χ0) is 37.2. The van der Waals surface area contributed by atoms with E-state index in [0.717, 1.165) is 56.4 Å². The molecule has 7 rings (SSSR count). The average molecular weight is 693 g/mol. The lowest BCUT2D eigenvalue weighted by Gasteiger charge is -2.31. The molecule has 0 atom stereocenters. The minimum absolute atomic E-state index is 0.0607. The van der Waals surface area contributed by atoms with Gasteiger partial charge in [-0.2, -0.15) is 0 Å². The monoisotopic (exact) mass is 692 g/mol. The van der Waals surface area contributed by atoms with Crippen LogP contribution in [0.5, 0.6) is 5.75 Å². The van der Waals surface area contributed by atoms with E-state index in [0.29, 0.717) is 0 Å². The fourth-order valence-electron chi connectivity index (χ4n) is 6.97. The Morgan fingerprint density at radius 1 is 0.358 bits per heavy atom. The van der Waals surface area contributed by atoms with Crippen molar-refractivity contribution in [1.29, 1.82) is 0 Å². The number of rotatable bonds is 8. The number of phenolic OH excluding ortho intramolecular Hbond substituents is 1. The van der Waals surface area contributed by atoms with Crippen molar-refractivity contribution in [3.63, 3.8) is 0 Å². The predicted molar refractivity (Wildman–Crippen MR) is 226 cm³/mol. The summed E-state index contributed by atoms with van der Waals surface area (Å²) in [6, 6.07) is 61.5. The second-order valence-corrected chi connectivity index (χ2v) is 15.7. The fourth-order valence-corrected chi connectivity index (χ4v) is 6.97. The second-order valence-electron chi connectivity index (χ2n) is 15.7. The second kappa shape index (κ2) is 14.5. The van der Waals surface area contributed by atoms with Gasteiger partial charge in [0.05, 0.1) is 22.7 Å². The molecule has 3 nitrogen and oxygen atoms in total. The Hall–Kier alpha value is -6.06. The quantitative estimate of drug-likeness (QED) is 0.172. The van der Waals surface area contributed by atoms with Crippen LogP contribution in [0.1, 0.15) is 52.7 Å². The van der Waals surface area contributed by atoms with Crippen LogP contribution in [0.2, 0.25) is 0 Å². The summed E-state index contributed by atoms with van der Waals surface area (Å²) in [6.45, 7) is 13.5. The van der Waals surface area contributed by atoms with Crippen molar-refractivity contribution < 1.29 is 5.11 Å². The molecule has 0 aliphatic heterocycles. The first-order valence-electron chi connectivity index (χ1n) is 18.4. The summed E-state index contributed by atoms with van der Waals surface area (Å²) in [7, 11) is 0. The highest BCUT2D eigenvalue weighted by atomic mass is 16.3. The molecule has 0 bridgehead atoms. The Bertz CT molecular complexity index is 2130. The van der Waals surface area contributed by atoms with Gasteiger partial charge in [0.15, 0.2) is 0 Å². The summed E-state index contributed by atoms with van der Waals surface area (Å²) in [5.74, 6) is 0.179. The van der Waals surface area contributed by atoms with Crippen molar-refractivity contribution in [3.8, 4) is 28.0 Å². The van der Waals surface area contributed by atoms with E-state index in [1.807, 2.05) is 24.3 Å². The van der Waals surface area contributed by atoms with Crippen molar-refractivity contribution in [1.82, 2.24) is 0 Å². The Morgan fingerprint density at radius 3 is 1.06 bits per heavy atom. The van der Waals surface area contributed by atoms with Gasteiger partial charge in [-0.05, 0) is 75.5 Å². The zero-order valence-electron chi connectivity index (χ0n) is 31.6. The van der Waals surface area contributed by atoms with Crippen LogP contribution in [-0.4, -0.2) is 5.11 Å². The molecule has 0 aromatic heterocycles. The molecule has 53 heavy (non-hydrogen) atoms. The van der Waals surface area contributed by atoms with Crippen LogP contribution < -0.4 is 9.80 Å². The SMILES string of the molecule is CC(C)(C)c1ccc(-c2ccccc2N(c2ccccc2)c2cc(O)cc(N(c3ccccc3)c3ccccc3-c3ccc(C(C)(C)C)cc3)c2)cc1. The molecule has 0 amide bonds. The van der Waals surface area contributed by atoms with E-state index in [9.17, 15) is 5.11 Å². The molecule has 264 valence electrons. The molecule has 0 unspecified atom stereocenters. The van der Waals surface area contributed by atoms with Gasteiger partial charge in [0.25, 0.3) is 0 Å². The third kappa shape index (κ3) is 7.61. The van der Waals surface area contributed by atoms with Crippen molar-refractivity contribution in [2.45, 2.75) is 52.4 Å². The normalized spacial score (nSPS) is 11.7. The highest BCUT2D eigenvalue weighted by Crippen LogP contribution is 2.47. The van der Waals surface area contributed by atoms with Gasteiger partial charge in [-0.3, -0.25) is 0 Å². The summed E-state index contributed by atoms with van der Waals surface area (Å²) in [5.41, 5.74) is 12.9.